The molecule has 0 bridgehead atoms. The van der Waals surface area contributed by atoms with Crippen LogP contribution in [0.15, 0.2) is 18.2 Å². The van der Waals surface area contributed by atoms with Crippen molar-refractivity contribution < 1.29 is 4.39 Å². The molecule has 1 saturated carbocycles. The maximum absolute atomic E-state index is 13.8. The summed E-state index contributed by atoms with van der Waals surface area (Å²) in [5.74, 6) is 0.184. The molecular weight excluding hydrogens is 290 g/mol. The van der Waals surface area contributed by atoms with Gasteiger partial charge in [-0.1, -0.05) is 46.4 Å². The molecule has 0 nitrogen and oxygen atoms in total. The maximum Gasteiger partial charge on any atom is 0.128 e. The highest BCUT2D eigenvalue weighted by Crippen LogP contribution is 2.36. The van der Waals surface area contributed by atoms with Crippen molar-refractivity contribution in [1.29, 1.82) is 0 Å². The Hall–Kier alpha value is -0.0800. The second kappa shape index (κ2) is 5.50. The number of hydrogen-bond donors (Lipinski definition) is 0. The monoisotopic (exact) mass is 304 g/mol. The van der Waals surface area contributed by atoms with Crippen LogP contribution in [0.4, 0.5) is 4.39 Å². The van der Waals surface area contributed by atoms with Crippen molar-refractivity contribution in [3.05, 3.63) is 34.6 Å². The Morgan fingerprint density at radius 2 is 2.00 bits per heavy atom. The van der Waals surface area contributed by atoms with E-state index in [4.69, 9.17) is 11.6 Å². The molecule has 1 aromatic rings. The molecular formula is C13H15BrClF. The Bertz CT molecular complexity index is 367. The SMILES string of the molecule is Fc1cc(Cl)ccc1C1CCCCC(Br)C1. The molecule has 1 fully saturated rings. The number of benzene rings is 1. The third kappa shape index (κ3) is 2.98. The zero-order valence-electron chi connectivity index (χ0n) is 9.06. The third-order valence-corrected chi connectivity index (χ3v) is 4.33. The van der Waals surface area contributed by atoms with E-state index in [0.29, 0.717) is 15.8 Å². The molecule has 0 radical (unpaired) electrons. The molecule has 88 valence electrons. The fourth-order valence-corrected chi connectivity index (χ4v) is 3.35. The molecule has 1 aliphatic rings. The van der Waals surface area contributed by atoms with Crippen molar-refractivity contribution in [2.24, 2.45) is 0 Å². The second-order valence-corrected chi connectivity index (χ2v) is 6.21. The van der Waals surface area contributed by atoms with Gasteiger partial charge in [-0.2, -0.15) is 0 Å². The molecule has 0 spiro atoms. The van der Waals surface area contributed by atoms with Crippen molar-refractivity contribution >= 4 is 27.5 Å². The Balaban J connectivity index is 2.21. The molecule has 0 saturated heterocycles. The number of hydrogen-bond acceptors (Lipinski definition) is 0. The van der Waals surface area contributed by atoms with Crippen LogP contribution >= 0.6 is 27.5 Å². The fraction of sp³-hybridized carbons (Fsp3) is 0.538. The van der Waals surface area contributed by atoms with Gasteiger partial charge in [0, 0.05) is 9.85 Å². The lowest BCUT2D eigenvalue weighted by Gasteiger charge is -2.17. The number of alkyl halides is 1. The molecule has 2 rings (SSSR count). The van der Waals surface area contributed by atoms with Gasteiger partial charge in [0.15, 0.2) is 0 Å². The molecule has 0 N–H and O–H groups in total. The highest BCUT2D eigenvalue weighted by Gasteiger charge is 2.22. The van der Waals surface area contributed by atoms with Crippen LogP contribution in [0, 0.1) is 5.82 Å². The average molecular weight is 306 g/mol. The molecule has 0 amide bonds. The molecule has 0 heterocycles. The lowest BCUT2D eigenvalue weighted by atomic mass is 9.91. The standard InChI is InChI=1S/C13H15BrClF/c14-10-4-2-1-3-9(7-10)12-6-5-11(15)8-13(12)16/h5-6,8-10H,1-4,7H2. The number of rotatable bonds is 1. The Kier molecular flexibility index (Phi) is 4.26. The van der Waals surface area contributed by atoms with E-state index in [2.05, 4.69) is 15.9 Å². The number of halogens is 3. The van der Waals surface area contributed by atoms with E-state index in [1.807, 2.05) is 6.07 Å². The third-order valence-electron chi connectivity index (χ3n) is 3.26. The first-order valence-electron chi connectivity index (χ1n) is 5.76. The van der Waals surface area contributed by atoms with Crippen LogP contribution in [-0.2, 0) is 0 Å². The molecule has 3 heteroatoms. The quantitative estimate of drug-likeness (QED) is 0.488. The normalized spacial score (nSPS) is 26.4. The summed E-state index contributed by atoms with van der Waals surface area (Å²) in [4.78, 5) is 0.523. The predicted molar refractivity (Wildman–Crippen MR) is 70.0 cm³/mol. The zero-order chi connectivity index (χ0) is 11.5. The highest BCUT2D eigenvalue weighted by molar-refractivity contribution is 9.09. The highest BCUT2D eigenvalue weighted by atomic mass is 79.9. The topological polar surface area (TPSA) is 0 Å². The van der Waals surface area contributed by atoms with Crippen molar-refractivity contribution in [3.8, 4) is 0 Å². The average Bonchev–Trinajstić information content (AvgIpc) is 2.43. The van der Waals surface area contributed by atoms with Crippen LogP contribution in [0.1, 0.15) is 43.6 Å². The minimum atomic E-state index is -0.154. The van der Waals surface area contributed by atoms with E-state index in [-0.39, 0.29) is 5.82 Å². The van der Waals surface area contributed by atoms with E-state index in [9.17, 15) is 4.39 Å². The second-order valence-electron chi connectivity index (χ2n) is 4.48. The van der Waals surface area contributed by atoms with Gasteiger partial charge in [0.2, 0.25) is 0 Å². The van der Waals surface area contributed by atoms with E-state index in [0.717, 1.165) is 18.4 Å². The summed E-state index contributed by atoms with van der Waals surface area (Å²) in [5.41, 5.74) is 0.829. The lowest BCUT2D eigenvalue weighted by Crippen LogP contribution is -2.05. The summed E-state index contributed by atoms with van der Waals surface area (Å²) in [7, 11) is 0. The van der Waals surface area contributed by atoms with Gasteiger partial charge < -0.3 is 0 Å². The summed E-state index contributed by atoms with van der Waals surface area (Å²) in [6, 6.07) is 5.05. The molecule has 16 heavy (non-hydrogen) atoms. The summed E-state index contributed by atoms with van der Waals surface area (Å²) in [6.07, 6.45) is 5.74. The Morgan fingerprint density at radius 1 is 1.25 bits per heavy atom. The zero-order valence-corrected chi connectivity index (χ0v) is 11.4. The molecule has 1 aliphatic carbocycles. The van der Waals surface area contributed by atoms with Gasteiger partial charge in [0.05, 0.1) is 0 Å². The summed E-state index contributed by atoms with van der Waals surface area (Å²) < 4.78 is 13.8. The summed E-state index contributed by atoms with van der Waals surface area (Å²) in [5, 5.41) is 0.477. The fourth-order valence-electron chi connectivity index (χ4n) is 2.42. The van der Waals surface area contributed by atoms with E-state index in [1.165, 1.54) is 25.3 Å². The van der Waals surface area contributed by atoms with Crippen LogP contribution in [0.2, 0.25) is 5.02 Å². The minimum Gasteiger partial charge on any atom is -0.207 e. The van der Waals surface area contributed by atoms with E-state index < -0.39 is 0 Å². The van der Waals surface area contributed by atoms with Crippen LogP contribution in [0.25, 0.3) is 0 Å². The summed E-state index contributed by atoms with van der Waals surface area (Å²) in [6.45, 7) is 0. The van der Waals surface area contributed by atoms with Crippen LogP contribution < -0.4 is 0 Å². The van der Waals surface area contributed by atoms with E-state index in [1.54, 1.807) is 6.07 Å². The predicted octanol–water partition coefficient (Wildman–Crippen LogP) is 5.29. The van der Waals surface area contributed by atoms with E-state index >= 15 is 0 Å². The smallest absolute Gasteiger partial charge is 0.128 e. The van der Waals surface area contributed by atoms with Crippen LogP contribution in [0.3, 0.4) is 0 Å². The Labute approximate surface area is 109 Å². The van der Waals surface area contributed by atoms with Crippen molar-refractivity contribution in [2.45, 2.75) is 42.8 Å². The summed E-state index contributed by atoms with van der Waals surface area (Å²) >= 11 is 9.43. The lowest BCUT2D eigenvalue weighted by molar-refractivity contribution is 0.541. The first-order valence-corrected chi connectivity index (χ1v) is 7.05. The van der Waals surface area contributed by atoms with Gasteiger partial charge in [-0.05, 0) is 42.9 Å². The first-order chi connectivity index (χ1) is 7.66. The minimum absolute atomic E-state index is 0.154. The molecule has 1 aromatic carbocycles. The maximum atomic E-state index is 13.8. The van der Waals surface area contributed by atoms with Gasteiger partial charge in [-0.25, -0.2) is 4.39 Å². The molecule has 2 atom stereocenters. The largest absolute Gasteiger partial charge is 0.207 e. The molecule has 0 aliphatic heterocycles. The molecule has 0 aromatic heterocycles. The Morgan fingerprint density at radius 3 is 2.75 bits per heavy atom. The van der Waals surface area contributed by atoms with Gasteiger partial charge in [0.25, 0.3) is 0 Å². The van der Waals surface area contributed by atoms with Gasteiger partial charge in [-0.15, -0.1) is 0 Å². The van der Waals surface area contributed by atoms with Crippen molar-refractivity contribution in [2.75, 3.05) is 0 Å². The van der Waals surface area contributed by atoms with Crippen LogP contribution in [0.5, 0.6) is 0 Å². The van der Waals surface area contributed by atoms with Crippen molar-refractivity contribution in [1.82, 2.24) is 0 Å². The molecule has 2 unspecified atom stereocenters. The van der Waals surface area contributed by atoms with Gasteiger partial charge in [0.1, 0.15) is 5.82 Å². The van der Waals surface area contributed by atoms with Crippen LogP contribution in [-0.4, -0.2) is 4.83 Å². The first kappa shape index (κ1) is 12.4. The van der Waals surface area contributed by atoms with Gasteiger partial charge >= 0.3 is 0 Å². The van der Waals surface area contributed by atoms with Crippen molar-refractivity contribution in [3.63, 3.8) is 0 Å². The van der Waals surface area contributed by atoms with Gasteiger partial charge in [-0.3, -0.25) is 0 Å².